The first-order valence-electron chi connectivity index (χ1n) is 7.51. The monoisotopic (exact) mass is 332 g/mol. The van der Waals surface area contributed by atoms with Gasteiger partial charge in [-0.25, -0.2) is 9.78 Å². The lowest BCUT2D eigenvalue weighted by Crippen LogP contribution is -2.16. The molecular weight excluding hydrogens is 316 g/mol. The second kappa shape index (κ2) is 6.45. The van der Waals surface area contributed by atoms with Crippen molar-refractivity contribution in [3.05, 3.63) is 71.8 Å². The van der Waals surface area contributed by atoms with Crippen LogP contribution in [0.15, 0.2) is 60.7 Å². The van der Waals surface area contributed by atoms with Gasteiger partial charge < -0.3 is 16.6 Å². The molecule has 0 bridgehead atoms. The van der Waals surface area contributed by atoms with Crippen LogP contribution in [0.2, 0.25) is 0 Å². The summed E-state index contributed by atoms with van der Waals surface area (Å²) < 4.78 is 0. The maximum absolute atomic E-state index is 11.0. The standard InChI is InChI=1S/C19H16N4O2/c20-14-10-15(11-6-8-13(9-7-11)19(24)25)23-17(16(14)18(21)22)12-4-2-1-3-5-12/h1-10H,(H2,20,23)(H3,21,22)(H,24,25). The number of nitrogens with zero attached hydrogens (tertiary/aromatic N) is 1. The van der Waals surface area contributed by atoms with Gasteiger partial charge in [0, 0.05) is 16.8 Å². The largest absolute Gasteiger partial charge is 0.478 e. The molecule has 0 unspecified atom stereocenters. The van der Waals surface area contributed by atoms with Gasteiger partial charge in [-0.05, 0) is 18.2 Å². The Hall–Kier alpha value is -3.67. The third kappa shape index (κ3) is 3.18. The Morgan fingerprint density at radius 3 is 2.20 bits per heavy atom. The number of amidine groups is 1. The van der Waals surface area contributed by atoms with E-state index in [2.05, 4.69) is 4.98 Å². The second-order valence-electron chi connectivity index (χ2n) is 5.48. The molecule has 3 aromatic rings. The molecule has 6 heteroatoms. The van der Waals surface area contributed by atoms with Crippen LogP contribution in [0.5, 0.6) is 0 Å². The number of nitrogens with two attached hydrogens (primary N) is 2. The van der Waals surface area contributed by atoms with E-state index in [1.807, 2.05) is 30.3 Å². The Morgan fingerprint density at radius 2 is 1.64 bits per heavy atom. The van der Waals surface area contributed by atoms with Gasteiger partial charge in [0.05, 0.1) is 22.5 Å². The van der Waals surface area contributed by atoms with E-state index in [0.29, 0.717) is 22.6 Å². The fourth-order valence-corrected chi connectivity index (χ4v) is 2.58. The number of aromatic carboxylic acids is 1. The molecule has 1 heterocycles. The van der Waals surface area contributed by atoms with Crippen LogP contribution in [0.3, 0.4) is 0 Å². The minimum absolute atomic E-state index is 0.156. The zero-order valence-electron chi connectivity index (χ0n) is 13.2. The van der Waals surface area contributed by atoms with E-state index in [1.54, 1.807) is 18.2 Å². The minimum Gasteiger partial charge on any atom is -0.478 e. The van der Waals surface area contributed by atoms with Gasteiger partial charge in [0.2, 0.25) is 0 Å². The molecule has 0 spiro atoms. The summed E-state index contributed by atoms with van der Waals surface area (Å²) in [7, 11) is 0. The van der Waals surface area contributed by atoms with Gasteiger partial charge in [-0.3, -0.25) is 5.41 Å². The van der Waals surface area contributed by atoms with Crippen molar-refractivity contribution in [1.29, 1.82) is 5.41 Å². The maximum Gasteiger partial charge on any atom is 0.335 e. The fourth-order valence-electron chi connectivity index (χ4n) is 2.58. The van der Waals surface area contributed by atoms with E-state index in [-0.39, 0.29) is 11.4 Å². The number of nitrogen functional groups attached to an aromatic ring is 2. The van der Waals surface area contributed by atoms with Gasteiger partial charge >= 0.3 is 5.97 Å². The molecular formula is C19H16N4O2. The van der Waals surface area contributed by atoms with Crippen LogP contribution in [-0.4, -0.2) is 21.9 Å². The summed E-state index contributed by atoms with van der Waals surface area (Å²) in [4.78, 5) is 15.6. The molecule has 3 rings (SSSR count). The number of pyridine rings is 1. The van der Waals surface area contributed by atoms with Crippen LogP contribution in [0, 0.1) is 5.41 Å². The number of aromatic nitrogens is 1. The molecule has 124 valence electrons. The lowest BCUT2D eigenvalue weighted by molar-refractivity contribution is 0.0697. The Morgan fingerprint density at radius 1 is 1.00 bits per heavy atom. The molecule has 0 atom stereocenters. The zero-order chi connectivity index (χ0) is 18.0. The Kier molecular flexibility index (Phi) is 4.18. The quantitative estimate of drug-likeness (QED) is 0.431. The third-order valence-corrected chi connectivity index (χ3v) is 3.79. The topological polar surface area (TPSA) is 126 Å². The van der Waals surface area contributed by atoms with Gasteiger partial charge in [-0.15, -0.1) is 0 Å². The van der Waals surface area contributed by atoms with E-state index in [1.165, 1.54) is 12.1 Å². The number of rotatable bonds is 4. The number of anilines is 1. The predicted molar refractivity (Wildman–Crippen MR) is 97.5 cm³/mol. The number of nitrogens with one attached hydrogen (secondary N) is 1. The summed E-state index contributed by atoms with van der Waals surface area (Å²) in [6, 6.07) is 17.4. The van der Waals surface area contributed by atoms with Crippen molar-refractivity contribution in [2.45, 2.75) is 0 Å². The first-order chi connectivity index (χ1) is 12.0. The molecule has 1 aromatic heterocycles. The average Bonchev–Trinajstić information content (AvgIpc) is 2.61. The first kappa shape index (κ1) is 16.2. The molecule has 0 aliphatic heterocycles. The third-order valence-electron chi connectivity index (χ3n) is 3.79. The van der Waals surface area contributed by atoms with E-state index in [0.717, 1.165) is 11.1 Å². The van der Waals surface area contributed by atoms with Crippen molar-refractivity contribution in [2.24, 2.45) is 5.73 Å². The maximum atomic E-state index is 11.0. The zero-order valence-corrected chi connectivity index (χ0v) is 13.2. The second-order valence-corrected chi connectivity index (χ2v) is 5.48. The average molecular weight is 332 g/mol. The molecule has 0 aliphatic carbocycles. The Bertz CT molecular complexity index is 951. The van der Waals surface area contributed by atoms with Crippen molar-refractivity contribution in [3.63, 3.8) is 0 Å². The van der Waals surface area contributed by atoms with E-state index >= 15 is 0 Å². The van der Waals surface area contributed by atoms with Crippen LogP contribution < -0.4 is 11.5 Å². The van der Waals surface area contributed by atoms with Crippen LogP contribution >= 0.6 is 0 Å². The van der Waals surface area contributed by atoms with Crippen molar-refractivity contribution in [2.75, 3.05) is 5.73 Å². The van der Waals surface area contributed by atoms with Gasteiger partial charge in [-0.1, -0.05) is 42.5 Å². The molecule has 2 aromatic carbocycles. The number of hydrogen-bond donors (Lipinski definition) is 4. The van der Waals surface area contributed by atoms with Gasteiger partial charge in [-0.2, -0.15) is 0 Å². The number of hydrogen-bond acceptors (Lipinski definition) is 4. The number of benzene rings is 2. The summed E-state index contributed by atoms with van der Waals surface area (Å²) in [6.07, 6.45) is 0. The van der Waals surface area contributed by atoms with E-state index in [4.69, 9.17) is 22.0 Å². The number of carbonyl (C=O) groups is 1. The molecule has 0 saturated heterocycles. The van der Waals surface area contributed by atoms with Crippen molar-refractivity contribution >= 4 is 17.5 Å². The fraction of sp³-hybridized carbons (Fsp3) is 0. The summed E-state index contributed by atoms with van der Waals surface area (Å²) >= 11 is 0. The lowest BCUT2D eigenvalue weighted by Gasteiger charge is -2.13. The first-order valence-corrected chi connectivity index (χ1v) is 7.51. The van der Waals surface area contributed by atoms with Crippen LogP contribution in [0.25, 0.3) is 22.5 Å². The smallest absolute Gasteiger partial charge is 0.335 e. The van der Waals surface area contributed by atoms with E-state index < -0.39 is 5.97 Å². The van der Waals surface area contributed by atoms with Crippen LogP contribution in [-0.2, 0) is 0 Å². The highest BCUT2D eigenvalue weighted by atomic mass is 16.4. The Balaban J connectivity index is 2.18. The summed E-state index contributed by atoms with van der Waals surface area (Å²) in [5.74, 6) is -1.15. The highest BCUT2D eigenvalue weighted by Gasteiger charge is 2.16. The van der Waals surface area contributed by atoms with Gasteiger partial charge in [0.25, 0.3) is 0 Å². The van der Waals surface area contributed by atoms with Crippen molar-refractivity contribution in [1.82, 2.24) is 4.98 Å². The van der Waals surface area contributed by atoms with E-state index in [9.17, 15) is 4.79 Å². The minimum atomic E-state index is -0.990. The summed E-state index contributed by atoms with van der Waals surface area (Å²) in [5, 5.41) is 16.8. The Labute approximate surface area is 144 Å². The normalized spacial score (nSPS) is 10.4. The lowest BCUT2D eigenvalue weighted by atomic mass is 10.0. The van der Waals surface area contributed by atoms with Crippen molar-refractivity contribution < 1.29 is 9.90 Å². The summed E-state index contributed by atoms with van der Waals surface area (Å²) in [6.45, 7) is 0. The molecule has 0 saturated carbocycles. The predicted octanol–water partition coefficient (Wildman–Crippen LogP) is 2.98. The van der Waals surface area contributed by atoms with Crippen molar-refractivity contribution in [3.8, 4) is 22.5 Å². The highest BCUT2D eigenvalue weighted by molar-refractivity contribution is 6.05. The van der Waals surface area contributed by atoms with Gasteiger partial charge in [0.15, 0.2) is 0 Å². The molecule has 6 nitrogen and oxygen atoms in total. The number of carboxylic acid groups (broad SMARTS) is 1. The van der Waals surface area contributed by atoms with Crippen LogP contribution in [0.4, 0.5) is 5.69 Å². The van der Waals surface area contributed by atoms with Crippen LogP contribution in [0.1, 0.15) is 15.9 Å². The SMILES string of the molecule is N=C(N)c1c(N)cc(-c2ccc(C(=O)O)cc2)nc1-c1ccccc1. The molecule has 25 heavy (non-hydrogen) atoms. The molecule has 0 fully saturated rings. The van der Waals surface area contributed by atoms with Gasteiger partial charge in [0.1, 0.15) is 5.84 Å². The molecule has 0 amide bonds. The molecule has 6 N–H and O–H groups in total. The molecule has 0 aliphatic rings. The highest BCUT2D eigenvalue weighted by Crippen LogP contribution is 2.30. The number of carboxylic acids is 1. The molecule has 0 radical (unpaired) electrons. The summed E-state index contributed by atoms with van der Waals surface area (Å²) in [5.41, 5.74) is 15.4.